The van der Waals surface area contributed by atoms with E-state index in [0.717, 1.165) is 39.6 Å². The second-order valence-corrected chi connectivity index (χ2v) is 7.65. The Hall–Kier alpha value is -3.06. The first kappa shape index (κ1) is 20.7. The number of hydrogen-bond donors (Lipinski definition) is 2. The number of anilines is 1. The normalized spacial score (nSPS) is 10.7. The number of thioether (sulfide) groups is 1. The van der Waals surface area contributed by atoms with Gasteiger partial charge in [-0.2, -0.15) is 0 Å². The van der Waals surface area contributed by atoms with Gasteiger partial charge in [0.05, 0.1) is 11.5 Å². The van der Waals surface area contributed by atoms with Crippen LogP contribution < -0.4 is 5.32 Å². The summed E-state index contributed by atoms with van der Waals surface area (Å²) in [5, 5.41) is 3.59. The second kappa shape index (κ2) is 9.43. The molecule has 6 nitrogen and oxygen atoms in total. The Balaban J connectivity index is 1.43. The lowest BCUT2D eigenvalue weighted by atomic mass is 10.1. The maximum Gasteiger partial charge on any atom is 0.316 e. The fourth-order valence-corrected chi connectivity index (χ4v) is 3.65. The molecule has 0 spiro atoms. The first-order valence-electron chi connectivity index (χ1n) is 9.14. The van der Waals surface area contributed by atoms with Crippen molar-refractivity contribution in [2.24, 2.45) is 0 Å². The highest BCUT2D eigenvalue weighted by molar-refractivity contribution is 8.00. The topological polar surface area (TPSA) is 88.3 Å². The van der Waals surface area contributed by atoms with Crippen LogP contribution in [-0.2, 0) is 14.3 Å². The second-order valence-electron chi connectivity index (χ2n) is 6.66. The van der Waals surface area contributed by atoms with Crippen LogP contribution in [0.5, 0.6) is 0 Å². The number of aromatic nitrogens is 1. The number of amides is 1. The number of H-pyrrole nitrogens is 1. The number of fused-ring (bicyclic) bond motifs is 1. The van der Waals surface area contributed by atoms with Gasteiger partial charge in [-0.15, -0.1) is 11.8 Å². The average Bonchev–Trinajstić information content (AvgIpc) is 3.02. The number of carbonyl (C=O) groups excluding carboxylic acids is 3. The van der Waals surface area contributed by atoms with Gasteiger partial charge in [-0.05, 0) is 37.6 Å². The van der Waals surface area contributed by atoms with Crippen molar-refractivity contribution in [3.05, 3.63) is 65.4 Å². The molecule has 150 valence electrons. The summed E-state index contributed by atoms with van der Waals surface area (Å²) < 4.78 is 5.09. The summed E-state index contributed by atoms with van der Waals surface area (Å²) in [7, 11) is 0. The number of Topliss-reactive ketones (excluding diaryl/α,β-unsaturated/α-hetero) is 1. The molecule has 2 aromatic carbocycles. The fraction of sp³-hybridized carbons (Fsp3) is 0.227. The molecule has 7 heteroatoms. The summed E-state index contributed by atoms with van der Waals surface area (Å²) in [6, 6.07) is 15.0. The maximum absolute atomic E-state index is 12.5. The molecule has 29 heavy (non-hydrogen) atoms. The third kappa shape index (κ3) is 5.48. The Kier molecular flexibility index (Phi) is 6.72. The summed E-state index contributed by atoms with van der Waals surface area (Å²) in [5.74, 6) is -0.849. The van der Waals surface area contributed by atoms with Crippen LogP contribution in [0.25, 0.3) is 10.9 Å². The van der Waals surface area contributed by atoms with Crippen LogP contribution in [0.2, 0.25) is 0 Å². The predicted molar refractivity (Wildman–Crippen MR) is 115 cm³/mol. The highest BCUT2D eigenvalue weighted by atomic mass is 32.2. The van der Waals surface area contributed by atoms with E-state index in [0.29, 0.717) is 5.56 Å². The molecule has 1 aromatic heterocycles. The number of benzene rings is 2. The fourth-order valence-electron chi connectivity index (χ4n) is 3.04. The lowest BCUT2D eigenvalue weighted by molar-refractivity contribution is -0.139. The molecule has 0 aliphatic carbocycles. The van der Waals surface area contributed by atoms with E-state index in [1.54, 1.807) is 0 Å². The molecule has 3 aromatic rings. The van der Waals surface area contributed by atoms with E-state index in [9.17, 15) is 14.4 Å². The van der Waals surface area contributed by atoms with Crippen LogP contribution >= 0.6 is 11.8 Å². The van der Waals surface area contributed by atoms with Crippen molar-refractivity contribution in [3.63, 3.8) is 0 Å². The van der Waals surface area contributed by atoms with Gasteiger partial charge in [0.1, 0.15) is 0 Å². The van der Waals surface area contributed by atoms with Crippen molar-refractivity contribution in [2.75, 3.05) is 23.4 Å². The number of hydrogen-bond acceptors (Lipinski definition) is 5. The molecular weight excluding hydrogens is 388 g/mol. The molecule has 1 heterocycles. The Morgan fingerprint density at radius 1 is 1.03 bits per heavy atom. The molecule has 2 N–H and O–H groups in total. The zero-order valence-corrected chi connectivity index (χ0v) is 17.1. The lowest BCUT2D eigenvalue weighted by Gasteiger charge is -2.06. The van der Waals surface area contributed by atoms with E-state index in [1.165, 1.54) is 0 Å². The number of carbonyl (C=O) groups is 3. The Labute approximate surface area is 173 Å². The first-order valence-corrected chi connectivity index (χ1v) is 10.3. The predicted octanol–water partition coefficient (Wildman–Crippen LogP) is 3.88. The van der Waals surface area contributed by atoms with Gasteiger partial charge in [0.15, 0.2) is 6.61 Å². The van der Waals surface area contributed by atoms with Gasteiger partial charge >= 0.3 is 5.97 Å². The number of ether oxygens (including phenoxy) is 1. The van der Waals surface area contributed by atoms with Crippen LogP contribution in [0, 0.1) is 13.8 Å². The molecule has 0 fully saturated rings. The van der Waals surface area contributed by atoms with Gasteiger partial charge in [0.25, 0.3) is 0 Å². The quantitative estimate of drug-likeness (QED) is 0.435. The van der Waals surface area contributed by atoms with Gasteiger partial charge in [-0.1, -0.05) is 30.3 Å². The Morgan fingerprint density at radius 3 is 2.62 bits per heavy atom. The number of para-hydroxylation sites is 1. The van der Waals surface area contributed by atoms with Crippen molar-refractivity contribution in [2.45, 2.75) is 13.8 Å². The van der Waals surface area contributed by atoms with Crippen LogP contribution in [0.3, 0.4) is 0 Å². The maximum atomic E-state index is 12.5. The number of aryl methyl sites for hydroxylation is 2. The minimum atomic E-state index is -0.524. The minimum absolute atomic E-state index is 0.00137. The van der Waals surface area contributed by atoms with Gasteiger partial charge in [-0.3, -0.25) is 14.4 Å². The van der Waals surface area contributed by atoms with Gasteiger partial charge in [0, 0.05) is 27.8 Å². The first-order chi connectivity index (χ1) is 13.9. The minimum Gasteiger partial charge on any atom is -0.457 e. The highest BCUT2D eigenvalue weighted by Crippen LogP contribution is 2.22. The number of nitrogens with one attached hydrogen (secondary N) is 2. The molecular formula is C22H22N2O4S. The molecule has 0 atom stereocenters. The van der Waals surface area contributed by atoms with Crippen LogP contribution in [-0.4, -0.2) is 40.8 Å². The summed E-state index contributed by atoms with van der Waals surface area (Å²) in [6.45, 7) is 3.44. The van der Waals surface area contributed by atoms with Crippen molar-refractivity contribution < 1.29 is 19.1 Å². The van der Waals surface area contributed by atoms with Gasteiger partial charge in [0.2, 0.25) is 11.7 Å². The Morgan fingerprint density at radius 2 is 1.83 bits per heavy atom. The molecule has 0 aliphatic rings. The van der Waals surface area contributed by atoms with Crippen molar-refractivity contribution >= 4 is 46.0 Å². The molecule has 0 aliphatic heterocycles. The number of esters is 1. The van der Waals surface area contributed by atoms with Crippen LogP contribution in [0.4, 0.5) is 5.69 Å². The zero-order valence-electron chi connectivity index (χ0n) is 16.3. The van der Waals surface area contributed by atoms with E-state index in [-0.39, 0.29) is 29.8 Å². The van der Waals surface area contributed by atoms with Crippen LogP contribution in [0.1, 0.15) is 21.6 Å². The van der Waals surface area contributed by atoms with Gasteiger partial charge in [-0.25, -0.2) is 0 Å². The average molecular weight is 410 g/mol. The molecule has 0 unspecified atom stereocenters. The number of rotatable bonds is 8. The van der Waals surface area contributed by atoms with Crippen molar-refractivity contribution in [1.82, 2.24) is 4.98 Å². The number of ketones is 1. The SMILES string of the molecule is Cc1cccc(NC(=O)CSCC(=O)OCC(=O)c2c(C)[nH]c3ccccc23)c1. The standard InChI is InChI=1S/C22H22N2O4S/c1-14-6-5-7-16(10-14)24-20(26)12-29-13-21(27)28-11-19(25)22-15(2)23-18-9-4-3-8-17(18)22/h3-10,23H,11-13H2,1-2H3,(H,24,26). The largest absolute Gasteiger partial charge is 0.457 e. The molecule has 0 saturated carbocycles. The molecule has 0 radical (unpaired) electrons. The summed E-state index contributed by atoms with van der Waals surface area (Å²) in [4.78, 5) is 39.5. The van der Waals surface area contributed by atoms with E-state index in [1.807, 2.05) is 62.4 Å². The van der Waals surface area contributed by atoms with E-state index in [4.69, 9.17) is 4.74 Å². The zero-order chi connectivity index (χ0) is 20.8. The monoisotopic (exact) mass is 410 g/mol. The lowest BCUT2D eigenvalue weighted by Crippen LogP contribution is -2.18. The number of aromatic amines is 1. The summed E-state index contributed by atoms with van der Waals surface area (Å²) in [5.41, 5.74) is 3.93. The third-order valence-electron chi connectivity index (χ3n) is 4.29. The van der Waals surface area contributed by atoms with Gasteiger partial charge < -0.3 is 15.0 Å². The molecule has 0 saturated heterocycles. The third-order valence-corrected chi connectivity index (χ3v) is 5.20. The molecule has 1 amide bonds. The van der Waals surface area contributed by atoms with Crippen LogP contribution in [0.15, 0.2) is 48.5 Å². The van der Waals surface area contributed by atoms with E-state index < -0.39 is 5.97 Å². The highest BCUT2D eigenvalue weighted by Gasteiger charge is 2.17. The molecule has 3 rings (SSSR count). The van der Waals surface area contributed by atoms with E-state index >= 15 is 0 Å². The summed E-state index contributed by atoms with van der Waals surface area (Å²) in [6.07, 6.45) is 0. The molecule has 0 bridgehead atoms. The summed E-state index contributed by atoms with van der Waals surface area (Å²) >= 11 is 1.14. The smallest absolute Gasteiger partial charge is 0.316 e. The van der Waals surface area contributed by atoms with Crippen molar-refractivity contribution in [1.29, 1.82) is 0 Å². The van der Waals surface area contributed by atoms with E-state index in [2.05, 4.69) is 10.3 Å². The van der Waals surface area contributed by atoms with Crippen molar-refractivity contribution in [3.8, 4) is 0 Å². The Bertz CT molecular complexity index is 1060.